The standard InChI is InChI=1S/C13H18INO/c1-9(2)15(10(3)4)13(16)11-7-5-6-8-12(11)14/h5-10H,1-4H3. The summed E-state index contributed by atoms with van der Waals surface area (Å²) in [5, 5.41) is 0. The van der Waals surface area contributed by atoms with Crippen LogP contribution in [0.5, 0.6) is 0 Å². The normalized spacial score (nSPS) is 10.9. The molecule has 0 saturated heterocycles. The fourth-order valence-corrected chi connectivity index (χ4v) is 2.46. The van der Waals surface area contributed by atoms with Crippen LogP contribution in [0.2, 0.25) is 0 Å². The molecule has 0 fully saturated rings. The van der Waals surface area contributed by atoms with Gasteiger partial charge in [-0.25, -0.2) is 0 Å². The molecule has 2 nitrogen and oxygen atoms in total. The van der Waals surface area contributed by atoms with Crippen molar-refractivity contribution in [1.29, 1.82) is 0 Å². The summed E-state index contributed by atoms with van der Waals surface area (Å²) in [4.78, 5) is 14.3. The van der Waals surface area contributed by atoms with E-state index in [4.69, 9.17) is 0 Å². The quantitative estimate of drug-likeness (QED) is 0.776. The van der Waals surface area contributed by atoms with Crippen molar-refractivity contribution in [2.45, 2.75) is 39.8 Å². The minimum atomic E-state index is 0.120. The first-order chi connectivity index (χ1) is 7.45. The lowest BCUT2D eigenvalue weighted by atomic mass is 10.1. The molecule has 1 rings (SSSR count). The van der Waals surface area contributed by atoms with E-state index in [9.17, 15) is 4.79 Å². The van der Waals surface area contributed by atoms with Gasteiger partial charge in [0.1, 0.15) is 0 Å². The molecule has 0 unspecified atom stereocenters. The Balaban J connectivity index is 3.05. The van der Waals surface area contributed by atoms with E-state index < -0.39 is 0 Å². The second-order valence-corrected chi connectivity index (χ2v) is 5.54. The average Bonchev–Trinajstić information content (AvgIpc) is 2.16. The van der Waals surface area contributed by atoms with Gasteiger partial charge < -0.3 is 4.90 Å². The Hall–Kier alpha value is -0.580. The number of carbonyl (C=O) groups excluding carboxylic acids is 1. The minimum Gasteiger partial charge on any atom is -0.334 e. The van der Waals surface area contributed by atoms with E-state index in [-0.39, 0.29) is 18.0 Å². The summed E-state index contributed by atoms with van der Waals surface area (Å²) < 4.78 is 1.01. The molecule has 1 amide bonds. The average molecular weight is 331 g/mol. The van der Waals surface area contributed by atoms with Gasteiger partial charge in [-0.3, -0.25) is 4.79 Å². The van der Waals surface area contributed by atoms with Gasteiger partial charge in [-0.05, 0) is 62.4 Å². The summed E-state index contributed by atoms with van der Waals surface area (Å²) >= 11 is 2.21. The first-order valence-electron chi connectivity index (χ1n) is 5.52. The molecule has 0 saturated carbocycles. The Morgan fingerprint density at radius 3 is 2.06 bits per heavy atom. The topological polar surface area (TPSA) is 20.3 Å². The van der Waals surface area contributed by atoms with Gasteiger partial charge >= 0.3 is 0 Å². The zero-order valence-corrected chi connectivity index (χ0v) is 12.4. The highest BCUT2D eigenvalue weighted by atomic mass is 127. The lowest BCUT2D eigenvalue weighted by Crippen LogP contribution is -2.42. The lowest BCUT2D eigenvalue weighted by Gasteiger charge is -2.31. The van der Waals surface area contributed by atoms with Crippen LogP contribution in [0.15, 0.2) is 24.3 Å². The van der Waals surface area contributed by atoms with E-state index in [0.29, 0.717) is 0 Å². The third kappa shape index (κ3) is 2.97. The van der Waals surface area contributed by atoms with Crippen LogP contribution in [0.25, 0.3) is 0 Å². The van der Waals surface area contributed by atoms with Crippen molar-refractivity contribution in [2.24, 2.45) is 0 Å². The Kier molecular flexibility index (Phi) is 4.77. The first-order valence-corrected chi connectivity index (χ1v) is 6.60. The van der Waals surface area contributed by atoms with Crippen molar-refractivity contribution >= 4 is 28.5 Å². The zero-order chi connectivity index (χ0) is 12.3. The summed E-state index contributed by atoms with van der Waals surface area (Å²) in [6, 6.07) is 8.17. The van der Waals surface area contributed by atoms with Crippen molar-refractivity contribution in [3.05, 3.63) is 33.4 Å². The van der Waals surface area contributed by atoms with E-state index in [1.165, 1.54) is 0 Å². The van der Waals surface area contributed by atoms with Gasteiger partial charge in [0.15, 0.2) is 0 Å². The van der Waals surface area contributed by atoms with E-state index >= 15 is 0 Å². The summed E-state index contributed by atoms with van der Waals surface area (Å²) in [5.74, 6) is 0.120. The fourth-order valence-electron chi connectivity index (χ4n) is 1.84. The zero-order valence-electron chi connectivity index (χ0n) is 10.2. The van der Waals surface area contributed by atoms with E-state index in [1.54, 1.807) is 0 Å². The predicted octanol–water partition coefficient (Wildman–Crippen LogP) is 3.55. The number of rotatable bonds is 3. The molecule has 1 aromatic rings. The molecule has 0 heterocycles. The summed E-state index contributed by atoms with van der Waals surface area (Å²) in [7, 11) is 0. The number of amides is 1. The minimum absolute atomic E-state index is 0.120. The molecule has 0 aliphatic rings. The van der Waals surface area contributed by atoms with Crippen LogP contribution >= 0.6 is 22.6 Å². The number of nitrogens with zero attached hydrogens (tertiary/aromatic N) is 1. The molecule has 0 N–H and O–H groups in total. The highest BCUT2D eigenvalue weighted by molar-refractivity contribution is 14.1. The number of hydrogen-bond donors (Lipinski definition) is 0. The SMILES string of the molecule is CC(C)N(C(=O)c1ccccc1I)C(C)C. The number of halogens is 1. The molecule has 0 bridgehead atoms. The van der Waals surface area contributed by atoms with Crippen LogP contribution in [0.3, 0.4) is 0 Å². The molecule has 88 valence electrons. The van der Waals surface area contributed by atoms with Crippen LogP contribution < -0.4 is 0 Å². The maximum absolute atomic E-state index is 12.4. The van der Waals surface area contributed by atoms with Gasteiger partial charge in [-0.1, -0.05) is 12.1 Å². The van der Waals surface area contributed by atoms with Gasteiger partial charge in [0.05, 0.1) is 5.56 Å². The van der Waals surface area contributed by atoms with Crippen LogP contribution in [-0.4, -0.2) is 22.9 Å². The lowest BCUT2D eigenvalue weighted by molar-refractivity contribution is 0.0642. The third-order valence-corrected chi connectivity index (χ3v) is 3.39. The highest BCUT2D eigenvalue weighted by Crippen LogP contribution is 2.17. The number of benzene rings is 1. The second kappa shape index (κ2) is 5.66. The van der Waals surface area contributed by atoms with Gasteiger partial charge in [0.25, 0.3) is 5.91 Å². The molecule has 1 aromatic carbocycles. The fraction of sp³-hybridized carbons (Fsp3) is 0.462. The van der Waals surface area contributed by atoms with Crippen LogP contribution in [0, 0.1) is 3.57 Å². The maximum Gasteiger partial charge on any atom is 0.255 e. The Morgan fingerprint density at radius 2 is 1.62 bits per heavy atom. The van der Waals surface area contributed by atoms with E-state index in [1.807, 2.05) is 56.9 Å². The Labute approximate surface area is 111 Å². The monoisotopic (exact) mass is 331 g/mol. The summed E-state index contributed by atoms with van der Waals surface area (Å²) in [5.41, 5.74) is 0.797. The first kappa shape index (κ1) is 13.5. The molecule has 0 radical (unpaired) electrons. The highest BCUT2D eigenvalue weighted by Gasteiger charge is 2.22. The Morgan fingerprint density at radius 1 is 1.12 bits per heavy atom. The molecule has 0 aliphatic heterocycles. The summed E-state index contributed by atoms with van der Waals surface area (Å²) in [6.45, 7) is 8.20. The van der Waals surface area contributed by atoms with Crippen molar-refractivity contribution < 1.29 is 4.79 Å². The second-order valence-electron chi connectivity index (χ2n) is 4.38. The molecule has 0 aliphatic carbocycles. The molecule has 0 atom stereocenters. The Bertz CT molecular complexity index is 366. The van der Waals surface area contributed by atoms with Crippen molar-refractivity contribution in [3.8, 4) is 0 Å². The molecule has 0 aromatic heterocycles. The van der Waals surface area contributed by atoms with Crippen molar-refractivity contribution in [1.82, 2.24) is 4.90 Å². The molecule has 3 heteroatoms. The van der Waals surface area contributed by atoms with Gasteiger partial charge in [-0.15, -0.1) is 0 Å². The van der Waals surface area contributed by atoms with E-state index in [2.05, 4.69) is 22.6 Å². The smallest absolute Gasteiger partial charge is 0.255 e. The predicted molar refractivity (Wildman–Crippen MR) is 75.6 cm³/mol. The van der Waals surface area contributed by atoms with Crippen LogP contribution in [0.4, 0.5) is 0 Å². The number of carbonyl (C=O) groups is 1. The van der Waals surface area contributed by atoms with Gasteiger partial charge in [0.2, 0.25) is 0 Å². The van der Waals surface area contributed by atoms with Gasteiger partial charge in [-0.2, -0.15) is 0 Å². The van der Waals surface area contributed by atoms with Crippen LogP contribution in [-0.2, 0) is 0 Å². The largest absolute Gasteiger partial charge is 0.334 e. The molecular formula is C13H18INO. The van der Waals surface area contributed by atoms with Crippen molar-refractivity contribution in [2.75, 3.05) is 0 Å². The third-order valence-electron chi connectivity index (χ3n) is 2.45. The summed E-state index contributed by atoms with van der Waals surface area (Å²) in [6.07, 6.45) is 0. The van der Waals surface area contributed by atoms with Crippen LogP contribution in [0.1, 0.15) is 38.1 Å². The molecule has 16 heavy (non-hydrogen) atoms. The van der Waals surface area contributed by atoms with Crippen molar-refractivity contribution in [3.63, 3.8) is 0 Å². The maximum atomic E-state index is 12.4. The molecule has 0 spiro atoms. The van der Waals surface area contributed by atoms with Gasteiger partial charge in [0, 0.05) is 15.7 Å². The molecular weight excluding hydrogens is 313 g/mol. The number of hydrogen-bond acceptors (Lipinski definition) is 1. The van der Waals surface area contributed by atoms with E-state index in [0.717, 1.165) is 9.13 Å².